The molecule has 4 amide bonds. The number of urea groups is 1. The number of hydrogen-bond acceptors (Lipinski definition) is 4. The van der Waals surface area contributed by atoms with E-state index in [4.69, 9.17) is 0 Å². The van der Waals surface area contributed by atoms with Crippen LogP contribution in [0.2, 0.25) is 0 Å². The molecule has 4 aliphatic rings. The van der Waals surface area contributed by atoms with Crippen molar-refractivity contribution in [1.82, 2.24) is 10.6 Å². The monoisotopic (exact) mass is 415 g/mol. The number of hydrogen-bond donors (Lipinski definition) is 3. The van der Waals surface area contributed by atoms with Gasteiger partial charge in [-0.3, -0.25) is 14.9 Å². The summed E-state index contributed by atoms with van der Waals surface area (Å²) in [5, 5.41) is 8.42. The quantitative estimate of drug-likeness (QED) is 0.615. The lowest BCUT2D eigenvalue weighted by Gasteiger charge is -2.56. The van der Waals surface area contributed by atoms with Gasteiger partial charge in [-0.05, 0) is 80.5 Å². The highest BCUT2D eigenvalue weighted by Crippen LogP contribution is 2.55. The zero-order valence-electron chi connectivity index (χ0n) is 16.8. The van der Waals surface area contributed by atoms with Crippen LogP contribution in [-0.4, -0.2) is 29.1 Å². The minimum absolute atomic E-state index is 0.0798. The summed E-state index contributed by atoms with van der Waals surface area (Å²) in [4.78, 5) is 36.6. The Morgan fingerprint density at radius 2 is 1.59 bits per heavy atom. The summed E-state index contributed by atoms with van der Waals surface area (Å²) in [6.07, 6.45) is 7.48. The molecule has 4 aliphatic carbocycles. The van der Waals surface area contributed by atoms with Gasteiger partial charge < -0.3 is 10.6 Å². The second-order valence-corrected chi connectivity index (χ2v) is 10.2. The molecule has 0 heterocycles. The predicted molar refractivity (Wildman–Crippen MR) is 114 cm³/mol. The number of amides is 4. The topological polar surface area (TPSA) is 87.3 Å². The van der Waals surface area contributed by atoms with E-state index >= 15 is 0 Å². The molecule has 5 rings (SSSR count). The molecule has 4 saturated carbocycles. The third-order valence-corrected chi connectivity index (χ3v) is 7.46. The van der Waals surface area contributed by atoms with Crippen LogP contribution < -0.4 is 16.0 Å². The molecule has 4 bridgehead atoms. The maximum absolute atomic E-state index is 12.4. The van der Waals surface area contributed by atoms with Crippen molar-refractivity contribution >= 4 is 35.3 Å². The molecule has 1 aromatic carbocycles. The highest BCUT2D eigenvalue weighted by molar-refractivity contribution is 7.99. The van der Waals surface area contributed by atoms with Crippen LogP contribution in [-0.2, 0) is 9.59 Å². The van der Waals surface area contributed by atoms with Crippen molar-refractivity contribution in [2.75, 3.05) is 11.1 Å². The maximum atomic E-state index is 12.4. The summed E-state index contributed by atoms with van der Waals surface area (Å²) in [5.41, 5.74) is 0.671. The summed E-state index contributed by atoms with van der Waals surface area (Å²) in [5.74, 6) is 2.52. The van der Waals surface area contributed by atoms with Crippen LogP contribution in [0.4, 0.5) is 10.5 Å². The van der Waals surface area contributed by atoms with Gasteiger partial charge in [-0.2, -0.15) is 0 Å². The standard InChI is InChI=1S/C22H29N3O3S/c1-14(26)23-18-2-4-19(5-3-18)29-7-6-20(27)24-21(28)25-22-11-15-8-16(12-22)10-17(9-15)13-22/h2-5,15-17H,6-13H2,1H3,(H,23,26)(H2,24,25,27,28). The molecule has 0 aromatic heterocycles. The van der Waals surface area contributed by atoms with Crippen molar-refractivity contribution in [2.24, 2.45) is 17.8 Å². The summed E-state index contributed by atoms with van der Waals surface area (Å²) in [6, 6.07) is 7.16. The third-order valence-electron chi connectivity index (χ3n) is 6.44. The SMILES string of the molecule is CC(=O)Nc1ccc(SCCC(=O)NC(=O)NC23CC4CC(CC(C4)C2)C3)cc1. The predicted octanol–water partition coefficient (Wildman–Crippen LogP) is 3.92. The molecule has 0 unspecified atom stereocenters. The van der Waals surface area contributed by atoms with Crippen molar-refractivity contribution in [3.05, 3.63) is 24.3 Å². The molecular weight excluding hydrogens is 386 g/mol. The van der Waals surface area contributed by atoms with Gasteiger partial charge in [-0.25, -0.2) is 4.79 Å². The van der Waals surface area contributed by atoms with Crippen molar-refractivity contribution in [3.63, 3.8) is 0 Å². The zero-order valence-corrected chi connectivity index (χ0v) is 17.6. The largest absolute Gasteiger partial charge is 0.332 e. The first-order chi connectivity index (χ1) is 13.9. The van der Waals surface area contributed by atoms with Gasteiger partial charge in [0.2, 0.25) is 11.8 Å². The first-order valence-electron chi connectivity index (χ1n) is 10.5. The van der Waals surface area contributed by atoms with Gasteiger partial charge in [0, 0.05) is 35.2 Å². The molecule has 0 saturated heterocycles. The maximum Gasteiger partial charge on any atom is 0.321 e. The van der Waals surface area contributed by atoms with Crippen LogP contribution in [0, 0.1) is 17.8 Å². The summed E-state index contributed by atoms with van der Waals surface area (Å²) >= 11 is 1.55. The minimum atomic E-state index is -0.332. The fourth-order valence-electron chi connectivity index (χ4n) is 5.82. The second-order valence-electron chi connectivity index (χ2n) is 9.00. The van der Waals surface area contributed by atoms with Crippen molar-refractivity contribution in [3.8, 4) is 0 Å². The van der Waals surface area contributed by atoms with Gasteiger partial charge in [0.25, 0.3) is 0 Å². The number of benzene rings is 1. The lowest BCUT2D eigenvalue weighted by molar-refractivity contribution is -0.119. The van der Waals surface area contributed by atoms with Gasteiger partial charge in [0.1, 0.15) is 0 Å². The summed E-state index contributed by atoms with van der Waals surface area (Å²) in [6.45, 7) is 1.47. The molecule has 1 aromatic rings. The number of anilines is 1. The van der Waals surface area contributed by atoms with Crippen LogP contribution in [0.3, 0.4) is 0 Å². The lowest BCUT2D eigenvalue weighted by Crippen LogP contribution is -2.61. The van der Waals surface area contributed by atoms with E-state index in [0.29, 0.717) is 5.75 Å². The number of carbonyl (C=O) groups is 3. The van der Waals surface area contributed by atoms with Crippen molar-refractivity contribution in [1.29, 1.82) is 0 Å². The number of rotatable bonds is 6. The molecule has 0 aliphatic heterocycles. The fraction of sp³-hybridized carbons (Fsp3) is 0.591. The molecule has 0 atom stereocenters. The average molecular weight is 416 g/mol. The highest BCUT2D eigenvalue weighted by Gasteiger charge is 2.51. The van der Waals surface area contributed by atoms with Gasteiger partial charge in [-0.1, -0.05) is 0 Å². The Morgan fingerprint density at radius 1 is 1.00 bits per heavy atom. The van der Waals surface area contributed by atoms with E-state index in [-0.39, 0.29) is 29.8 Å². The van der Waals surface area contributed by atoms with Gasteiger partial charge >= 0.3 is 6.03 Å². The molecule has 7 heteroatoms. The third kappa shape index (κ3) is 5.13. The molecule has 0 spiro atoms. The van der Waals surface area contributed by atoms with Crippen molar-refractivity contribution < 1.29 is 14.4 Å². The van der Waals surface area contributed by atoms with E-state index in [0.717, 1.165) is 47.6 Å². The van der Waals surface area contributed by atoms with E-state index in [1.54, 1.807) is 11.8 Å². The number of nitrogens with one attached hydrogen (secondary N) is 3. The minimum Gasteiger partial charge on any atom is -0.332 e. The molecule has 6 nitrogen and oxygen atoms in total. The zero-order chi connectivity index (χ0) is 20.4. The molecule has 4 fully saturated rings. The van der Waals surface area contributed by atoms with Crippen LogP contribution in [0.1, 0.15) is 51.9 Å². The number of thioether (sulfide) groups is 1. The summed E-state index contributed by atoms with van der Waals surface area (Å²) < 4.78 is 0. The Hall–Kier alpha value is -2.02. The number of imide groups is 1. The smallest absolute Gasteiger partial charge is 0.321 e. The van der Waals surface area contributed by atoms with Crippen LogP contribution in [0.15, 0.2) is 29.2 Å². The summed E-state index contributed by atoms with van der Waals surface area (Å²) in [7, 11) is 0. The Bertz CT molecular complexity index is 758. The van der Waals surface area contributed by atoms with E-state index < -0.39 is 0 Å². The normalized spacial score (nSPS) is 29.3. The van der Waals surface area contributed by atoms with Gasteiger partial charge in [0.05, 0.1) is 0 Å². The van der Waals surface area contributed by atoms with Crippen LogP contribution in [0.25, 0.3) is 0 Å². The second kappa shape index (κ2) is 8.38. The molecular formula is C22H29N3O3S. The average Bonchev–Trinajstić information content (AvgIpc) is 2.61. The first kappa shape index (κ1) is 20.3. The van der Waals surface area contributed by atoms with Crippen LogP contribution in [0.5, 0.6) is 0 Å². The molecule has 0 radical (unpaired) electrons. The van der Waals surface area contributed by atoms with Crippen molar-refractivity contribution in [2.45, 2.75) is 62.3 Å². The van der Waals surface area contributed by atoms with E-state index in [1.165, 1.54) is 26.2 Å². The Kier molecular flexibility index (Phi) is 5.86. The van der Waals surface area contributed by atoms with E-state index in [2.05, 4.69) is 16.0 Å². The lowest BCUT2D eigenvalue weighted by atomic mass is 9.53. The molecule has 29 heavy (non-hydrogen) atoms. The fourth-order valence-corrected chi connectivity index (χ4v) is 6.68. The Morgan fingerprint density at radius 3 is 2.14 bits per heavy atom. The number of carbonyl (C=O) groups excluding carboxylic acids is 3. The van der Waals surface area contributed by atoms with E-state index in [1.807, 2.05) is 24.3 Å². The van der Waals surface area contributed by atoms with Crippen LogP contribution >= 0.6 is 11.8 Å². The molecule has 156 valence electrons. The molecule has 3 N–H and O–H groups in total. The Balaban J connectivity index is 1.19. The van der Waals surface area contributed by atoms with Gasteiger partial charge in [0.15, 0.2) is 0 Å². The van der Waals surface area contributed by atoms with E-state index in [9.17, 15) is 14.4 Å². The Labute approximate surface area is 176 Å². The highest BCUT2D eigenvalue weighted by atomic mass is 32.2. The first-order valence-corrected chi connectivity index (χ1v) is 11.5. The van der Waals surface area contributed by atoms with Gasteiger partial charge in [-0.15, -0.1) is 11.8 Å².